The van der Waals surface area contributed by atoms with Gasteiger partial charge in [-0.05, 0) is 95.3 Å². The first-order valence-electron chi connectivity index (χ1n) is 16.3. The Morgan fingerprint density at radius 2 is 1.75 bits per heavy atom. The van der Waals surface area contributed by atoms with Crippen molar-refractivity contribution in [1.29, 1.82) is 0 Å². The Balaban J connectivity index is 1.11. The summed E-state index contributed by atoms with van der Waals surface area (Å²) >= 11 is 0. The number of benzene rings is 1. The van der Waals surface area contributed by atoms with E-state index in [1.807, 2.05) is 4.57 Å². The second kappa shape index (κ2) is 14.2. The SMILES string of the molecule is O=C(NCCN1CCCCC1)[C@H]1CC[C@H](Nc2ncc3nc(Nc4ccc(F)cc4F)n([C@H]4CC[C@@H](CO)CC4)c3n2)CC1. The fraction of sp³-hybridized carbons (Fsp3) is 0.625. The van der Waals surface area contributed by atoms with Crippen molar-refractivity contribution in [2.24, 2.45) is 11.8 Å². The highest BCUT2D eigenvalue weighted by Crippen LogP contribution is 2.37. The molecule has 1 saturated heterocycles. The second-order valence-electron chi connectivity index (χ2n) is 12.7. The smallest absolute Gasteiger partial charge is 0.224 e. The number of anilines is 3. The van der Waals surface area contributed by atoms with Crippen LogP contribution in [-0.4, -0.2) is 74.3 Å². The van der Waals surface area contributed by atoms with Crippen LogP contribution in [0.3, 0.4) is 0 Å². The van der Waals surface area contributed by atoms with Crippen LogP contribution in [0.2, 0.25) is 0 Å². The van der Waals surface area contributed by atoms with E-state index in [9.17, 15) is 18.7 Å². The Kier molecular flexibility index (Phi) is 9.85. The van der Waals surface area contributed by atoms with E-state index in [-0.39, 0.29) is 42.1 Å². The zero-order chi connectivity index (χ0) is 30.5. The van der Waals surface area contributed by atoms with Gasteiger partial charge in [-0.1, -0.05) is 6.42 Å². The zero-order valence-corrected chi connectivity index (χ0v) is 25.3. The van der Waals surface area contributed by atoms with Crippen molar-refractivity contribution in [3.05, 3.63) is 36.0 Å². The van der Waals surface area contributed by atoms with Gasteiger partial charge in [-0.25, -0.2) is 18.7 Å². The monoisotopic (exact) mass is 610 g/mol. The normalized spacial score (nSPS) is 24.7. The number of rotatable bonds is 10. The molecule has 0 atom stereocenters. The number of likely N-dealkylation sites (tertiary alicyclic amines) is 1. The molecule has 6 rings (SSSR count). The van der Waals surface area contributed by atoms with Crippen LogP contribution in [-0.2, 0) is 4.79 Å². The number of amides is 1. The molecule has 0 spiro atoms. The van der Waals surface area contributed by atoms with Gasteiger partial charge in [-0.15, -0.1) is 0 Å². The van der Waals surface area contributed by atoms with Gasteiger partial charge in [-0.3, -0.25) is 9.36 Å². The van der Waals surface area contributed by atoms with E-state index in [2.05, 4.69) is 25.8 Å². The molecule has 238 valence electrons. The average molecular weight is 611 g/mol. The minimum absolute atomic E-state index is 0.0359. The van der Waals surface area contributed by atoms with Crippen molar-refractivity contribution in [3.63, 3.8) is 0 Å². The molecule has 1 amide bonds. The van der Waals surface area contributed by atoms with Crippen molar-refractivity contribution in [3.8, 4) is 0 Å². The van der Waals surface area contributed by atoms with Gasteiger partial charge in [0, 0.05) is 43.8 Å². The lowest BCUT2D eigenvalue weighted by atomic mass is 9.85. The predicted octanol–water partition coefficient (Wildman–Crippen LogP) is 5.14. The quantitative estimate of drug-likeness (QED) is 0.249. The predicted molar refractivity (Wildman–Crippen MR) is 166 cm³/mol. The largest absolute Gasteiger partial charge is 0.396 e. The lowest BCUT2D eigenvalue weighted by Gasteiger charge is -2.30. The fourth-order valence-electron chi connectivity index (χ4n) is 7.04. The van der Waals surface area contributed by atoms with Gasteiger partial charge in [0.15, 0.2) is 5.65 Å². The Morgan fingerprint density at radius 3 is 2.48 bits per heavy atom. The van der Waals surface area contributed by atoms with Crippen molar-refractivity contribution in [2.75, 3.05) is 43.4 Å². The molecule has 3 aromatic rings. The summed E-state index contributed by atoms with van der Waals surface area (Å²) in [6, 6.07) is 3.63. The van der Waals surface area contributed by atoms with Crippen LogP contribution in [0.25, 0.3) is 11.2 Å². The molecule has 2 aliphatic carbocycles. The van der Waals surface area contributed by atoms with E-state index in [1.54, 1.807) is 6.20 Å². The molecule has 1 aliphatic heterocycles. The molecule has 0 unspecified atom stereocenters. The summed E-state index contributed by atoms with van der Waals surface area (Å²) in [4.78, 5) is 29.3. The van der Waals surface area contributed by atoms with Gasteiger partial charge in [0.25, 0.3) is 0 Å². The number of nitrogens with one attached hydrogen (secondary N) is 3. The van der Waals surface area contributed by atoms with E-state index in [4.69, 9.17) is 9.97 Å². The van der Waals surface area contributed by atoms with Crippen LogP contribution in [0.1, 0.15) is 76.7 Å². The molecule has 10 nitrogen and oxygen atoms in total. The molecule has 4 N–H and O–H groups in total. The number of aromatic nitrogens is 4. The van der Waals surface area contributed by atoms with Gasteiger partial charge >= 0.3 is 0 Å². The summed E-state index contributed by atoms with van der Waals surface area (Å²) in [6.07, 6.45) is 12.2. The lowest BCUT2D eigenvalue weighted by Crippen LogP contribution is -2.41. The lowest BCUT2D eigenvalue weighted by molar-refractivity contribution is -0.126. The number of aliphatic hydroxyl groups is 1. The number of carbonyl (C=O) groups is 1. The summed E-state index contributed by atoms with van der Waals surface area (Å²) < 4.78 is 30.1. The molecule has 2 aromatic heterocycles. The van der Waals surface area contributed by atoms with Gasteiger partial charge < -0.3 is 26.0 Å². The number of carbonyl (C=O) groups excluding carboxylic acids is 1. The molecular formula is C32H44F2N8O2. The Labute approximate surface area is 257 Å². The van der Waals surface area contributed by atoms with E-state index in [0.29, 0.717) is 29.6 Å². The number of hydrogen-bond acceptors (Lipinski definition) is 8. The second-order valence-corrected chi connectivity index (χ2v) is 12.7. The highest BCUT2D eigenvalue weighted by Gasteiger charge is 2.29. The third-order valence-electron chi connectivity index (χ3n) is 9.66. The number of nitrogens with zero attached hydrogens (tertiary/aromatic N) is 5. The van der Waals surface area contributed by atoms with Crippen LogP contribution >= 0.6 is 0 Å². The first kappa shape index (κ1) is 30.6. The van der Waals surface area contributed by atoms with Crippen LogP contribution in [0.15, 0.2) is 24.4 Å². The summed E-state index contributed by atoms with van der Waals surface area (Å²) in [7, 11) is 0. The zero-order valence-electron chi connectivity index (χ0n) is 25.3. The first-order valence-corrected chi connectivity index (χ1v) is 16.3. The van der Waals surface area contributed by atoms with E-state index in [0.717, 1.165) is 77.1 Å². The van der Waals surface area contributed by atoms with E-state index >= 15 is 0 Å². The minimum atomic E-state index is -0.702. The van der Waals surface area contributed by atoms with Crippen molar-refractivity contribution in [1.82, 2.24) is 29.7 Å². The van der Waals surface area contributed by atoms with Gasteiger partial charge in [0.2, 0.25) is 17.8 Å². The van der Waals surface area contributed by atoms with Crippen LogP contribution in [0, 0.1) is 23.5 Å². The number of fused-ring (bicyclic) bond motifs is 1. The topological polar surface area (TPSA) is 120 Å². The summed E-state index contributed by atoms with van der Waals surface area (Å²) in [6.45, 7) is 4.08. The molecule has 12 heteroatoms. The van der Waals surface area contributed by atoms with Gasteiger partial charge in [0.1, 0.15) is 17.2 Å². The van der Waals surface area contributed by atoms with Crippen LogP contribution in [0.5, 0.6) is 0 Å². The number of imidazole rings is 1. The van der Waals surface area contributed by atoms with Gasteiger partial charge in [-0.2, -0.15) is 4.98 Å². The Hall–Kier alpha value is -3.38. The highest BCUT2D eigenvalue weighted by molar-refractivity contribution is 5.79. The summed E-state index contributed by atoms with van der Waals surface area (Å²) in [5.41, 5.74) is 1.35. The van der Waals surface area contributed by atoms with E-state index in [1.165, 1.54) is 31.4 Å². The molecule has 0 bridgehead atoms. The average Bonchev–Trinajstić information content (AvgIpc) is 3.40. The molecular weight excluding hydrogens is 566 g/mol. The maximum atomic E-state index is 14.6. The molecule has 3 heterocycles. The van der Waals surface area contributed by atoms with Crippen molar-refractivity contribution in [2.45, 2.75) is 82.7 Å². The molecule has 0 radical (unpaired) electrons. The van der Waals surface area contributed by atoms with Crippen molar-refractivity contribution < 1.29 is 18.7 Å². The first-order chi connectivity index (χ1) is 21.5. The molecule has 1 aromatic carbocycles. The third kappa shape index (κ3) is 7.28. The molecule has 3 aliphatic rings. The molecule has 3 fully saturated rings. The van der Waals surface area contributed by atoms with Crippen molar-refractivity contribution >= 4 is 34.7 Å². The Morgan fingerprint density at radius 1 is 0.977 bits per heavy atom. The third-order valence-corrected chi connectivity index (χ3v) is 9.66. The minimum Gasteiger partial charge on any atom is -0.396 e. The fourth-order valence-corrected chi connectivity index (χ4v) is 7.04. The number of hydrogen-bond donors (Lipinski definition) is 4. The maximum Gasteiger partial charge on any atom is 0.224 e. The summed E-state index contributed by atoms with van der Waals surface area (Å²) in [5, 5.41) is 19.4. The number of aliphatic hydroxyl groups excluding tert-OH is 1. The van der Waals surface area contributed by atoms with Gasteiger partial charge in [0.05, 0.1) is 11.9 Å². The number of piperidine rings is 1. The summed E-state index contributed by atoms with van der Waals surface area (Å²) in [5.74, 6) is 0.0446. The molecule has 2 saturated carbocycles. The van der Waals surface area contributed by atoms with Crippen LogP contribution in [0.4, 0.5) is 26.4 Å². The standard InChI is InChI=1S/C32H44F2N8O2/c33-23-8-13-27(26(34)18-23)38-32-39-28-19-36-31(40-29(28)42(32)25-11-4-21(20-43)5-12-25)37-24-9-6-22(7-10-24)30(44)35-14-17-41-15-2-1-3-16-41/h8,13,18-19,21-22,24-25,43H,1-7,9-12,14-17,20H2,(H,35,44)(H,38,39)(H,36,37,40)/t21-,22-,24-,25+. The van der Waals surface area contributed by atoms with E-state index < -0.39 is 11.6 Å². The van der Waals surface area contributed by atoms with Crippen LogP contribution < -0.4 is 16.0 Å². The number of halogens is 2. The Bertz CT molecular complexity index is 1410. The highest BCUT2D eigenvalue weighted by atomic mass is 19.1. The molecule has 44 heavy (non-hydrogen) atoms. The maximum absolute atomic E-state index is 14.6.